The summed E-state index contributed by atoms with van der Waals surface area (Å²) in [7, 11) is -9.57. The van der Waals surface area contributed by atoms with Crippen molar-refractivity contribution in [2.45, 2.75) is 9.79 Å². The molecule has 0 unspecified atom stereocenters. The second-order valence-corrected chi connectivity index (χ2v) is 9.05. The van der Waals surface area contributed by atoms with Crippen LogP contribution in [0.4, 0.5) is 27.5 Å². The second kappa shape index (κ2) is 7.92. The Morgan fingerprint density at radius 3 is 2.23 bits per heavy atom. The quantitative estimate of drug-likeness (QED) is 0.214. The van der Waals surface area contributed by atoms with Gasteiger partial charge in [0.05, 0.1) is 16.3 Å². The standard InChI is InChI=1S/C17H15N5O7S2/c18-10-2-4-14(15(6-10)20-17(19)23)22-21-11-3-1-9-5-12(30(24,25)26)8-16(13(9)7-11)31(27,28)29/h1-8H,18H2,(H3,19,20,23)(H,24,25,26)(H,27,28,29). The van der Waals surface area contributed by atoms with E-state index in [1.165, 1.54) is 36.4 Å². The van der Waals surface area contributed by atoms with Gasteiger partial charge in [0.2, 0.25) is 0 Å². The first-order valence-corrected chi connectivity index (χ1v) is 11.1. The molecule has 2 amide bonds. The third-order valence-electron chi connectivity index (χ3n) is 4.00. The van der Waals surface area contributed by atoms with Crippen LogP contribution in [0.1, 0.15) is 0 Å². The Morgan fingerprint density at radius 2 is 1.61 bits per heavy atom. The van der Waals surface area contributed by atoms with E-state index in [0.717, 1.165) is 6.07 Å². The average molecular weight is 465 g/mol. The van der Waals surface area contributed by atoms with Crippen LogP contribution in [-0.4, -0.2) is 32.0 Å². The summed E-state index contributed by atoms with van der Waals surface area (Å²) in [6, 6.07) is 9.17. The number of hydrogen-bond acceptors (Lipinski definition) is 8. The lowest BCUT2D eigenvalue weighted by molar-refractivity contribution is 0.259. The maximum Gasteiger partial charge on any atom is 0.316 e. The summed E-state index contributed by atoms with van der Waals surface area (Å²) in [5.74, 6) is 0. The van der Waals surface area contributed by atoms with Gasteiger partial charge in [-0.1, -0.05) is 6.07 Å². The first-order valence-electron chi connectivity index (χ1n) is 8.25. The summed E-state index contributed by atoms with van der Waals surface area (Å²) in [5.41, 5.74) is 11.6. The van der Waals surface area contributed by atoms with Gasteiger partial charge in [-0.25, -0.2) is 4.79 Å². The zero-order valence-corrected chi connectivity index (χ0v) is 17.1. The summed E-state index contributed by atoms with van der Waals surface area (Å²) in [4.78, 5) is 9.70. The van der Waals surface area contributed by atoms with Crippen LogP contribution in [0.15, 0.2) is 68.6 Å². The Kier molecular flexibility index (Phi) is 5.64. The number of nitrogens with zero attached hydrogens (tertiary/aromatic N) is 2. The van der Waals surface area contributed by atoms with E-state index in [-0.39, 0.29) is 27.8 Å². The number of carbonyl (C=O) groups excluding carboxylic acids is 1. The smallest absolute Gasteiger partial charge is 0.316 e. The fourth-order valence-electron chi connectivity index (χ4n) is 2.70. The number of primary amides is 1. The van der Waals surface area contributed by atoms with Crippen LogP contribution >= 0.6 is 0 Å². The predicted molar refractivity (Wildman–Crippen MR) is 112 cm³/mol. The van der Waals surface area contributed by atoms with E-state index in [9.17, 15) is 30.7 Å². The van der Waals surface area contributed by atoms with Gasteiger partial charge in [-0.15, -0.1) is 5.11 Å². The topological polar surface area (TPSA) is 215 Å². The predicted octanol–water partition coefficient (Wildman–Crippen LogP) is 2.82. The molecule has 0 spiro atoms. The fraction of sp³-hybridized carbons (Fsp3) is 0. The number of nitrogens with one attached hydrogen (secondary N) is 1. The Bertz CT molecular complexity index is 1450. The molecule has 0 atom stereocenters. The maximum atomic E-state index is 11.8. The largest absolute Gasteiger partial charge is 0.399 e. The number of fused-ring (bicyclic) bond motifs is 1. The van der Waals surface area contributed by atoms with Gasteiger partial charge >= 0.3 is 6.03 Å². The van der Waals surface area contributed by atoms with E-state index in [2.05, 4.69) is 15.5 Å². The normalized spacial score (nSPS) is 12.3. The molecular weight excluding hydrogens is 450 g/mol. The van der Waals surface area contributed by atoms with Crippen molar-refractivity contribution >= 4 is 59.8 Å². The minimum atomic E-state index is -4.84. The Balaban J connectivity index is 2.13. The van der Waals surface area contributed by atoms with Crippen LogP contribution in [0.2, 0.25) is 0 Å². The monoisotopic (exact) mass is 465 g/mol. The molecule has 0 aliphatic carbocycles. The number of amides is 2. The number of carbonyl (C=O) groups is 1. The molecule has 3 rings (SSSR count). The van der Waals surface area contributed by atoms with Crippen molar-refractivity contribution in [3.63, 3.8) is 0 Å². The van der Waals surface area contributed by atoms with Crippen molar-refractivity contribution in [1.29, 1.82) is 0 Å². The summed E-state index contributed by atoms with van der Waals surface area (Å²) in [6.07, 6.45) is 0. The van der Waals surface area contributed by atoms with Crippen molar-refractivity contribution in [3.05, 3.63) is 48.5 Å². The molecular formula is C17H15N5O7S2. The Labute approximate surface area is 176 Å². The molecule has 0 bridgehead atoms. The third-order valence-corrected chi connectivity index (χ3v) is 5.73. The molecule has 7 N–H and O–H groups in total. The lowest BCUT2D eigenvalue weighted by atomic mass is 10.1. The number of urea groups is 1. The Morgan fingerprint density at radius 1 is 0.903 bits per heavy atom. The molecule has 14 heteroatoms. The van der Waals surface area contributed by atoms with Crippen LogP contribution in [0.25, 0.3) is 10.8 Å². The lowest BCUT2D eigenvalue weighted by Gasteiger charge is -2.08. The van der Waals surface area contributed by atoms with Gasteiger partial charge in [0.1, 0.15) is 10.6 Å². The Hall–Kier alpha value is -3.59. The van der Waals surface area contributed by atoms with Crippen molar-refractivity contribution in [2.75, 3.05) is 11.1 Å². The highest BCUT2D eigenvalue weighted by Crippen LogP contribution is 2.33. The number of nitrogens with two attached hydrogens (primary N) is 2. The molecule has 0 aliphatic rings. The number of rotatable bonds is 5. The van der Waals surface area contributed by atoms with Gasteiger partial charge in [0.25, 0.3) is 20.2 Å². The van der Waals surface area contributed by atoms with Crippen LogP contribution in [0.5, 0.6) is 0 Å². The van der Waals surface area contributed by atoms with E-state index in [1.807, 2.05) is 0 Å². The zero-order chi connectivity index (χ0) is 23.0. The summed E-state index contributed by atoms with van der Waals surface area (Å²) >= 11 is 0. The van der Waals surface area contributed by atoms with E-state index in [4.69, 9.17) is 11.5 Å². The number of nitrogen functional groups attached to an aromatic ring is 1. The SMILES string of the molecule is NC(=O)Nc1cc(N)ccc1N=Nc1ccc2cc(S(=O)(=O)O)cc(S(=O)(=O)O)c2c1. The first kappa shape index (κ1) is 22.1. The molecule has 12 nitrogen and oxygen atoms in total. The molecule has 3 aromatic rings. The molecule has 0 saturated heterocycles. The zero-order valence-electron chi connectivity index (χ0n) is 15.4. The highest BCUT2D eigenvalue weighted by molar-refractivity contribution is 7.86. The van der Waals surface area contributed by atoms with E-state index >= 15 is 0 Å². The molecule has 162 valence electrons. The molecule has 3 aromatic carbocycles. The summed E-state index contributed by atoms with van der Waals surface area (Å²) in [6.45, 7) is 0. The minimum absolute atomic E-state index is 0.0564. The van der Waals surface area contributed by atoms with Gasteiger partial charge in [-0.05, 0) is 47.9 Å². The molecule has 0 saturated carbocycles. The molecule has 31 heavy (non-hydrogen) atoms. The number of hydrogen-bond donors (Lipinski definition) is 5. The highest BCUT2D eigenvalue weighted by atomic mass is 32.2. The van der Waals surface area contributed by atoms with Crippen molar-refractivity contribution in [2.24, 2.45) is 16.0 Å². The fourth-order valence-corrected chi connectivity index (χ4v) is 4.04. The second-order valence-electron chi connectivity index (χ2n) is 6.24. The number of azo groups is 1. The van der Waals surface area contributed by atoms with Crippen molar-refractivity contribution < 1.29 is 30.7 Å². The van der Waals surface area contributed by atoms with Gasteiger partial charge in [-0.2, -0.15) is 21.9 Å². The first-order chi connectivity index (χ1) is 14.3. The molecule has 0 fully saturated rings. The highest BCUT2D eigenvalue weighted by Gasteiger charge is 2.20. The molecule has 0 aliphatic heterocycles. The molecule has 0 aromatic heterocycles. The maximum absolute atomic E-state index is 11.8. The summed E-state index contributed by atoms with van der Waals surface area (Å²) < 4.78 is 65.1. The average Bonchev–Trinajstić information content (AvgIpc) is 2.64. The third kappa shape index (κ3) is 5.13. The van der Waals surface area contributed by atoms with Gasteiger partial charge < -0.3 is 16.8 Å². The van der Waals surface area contributed by atoms with Crippen LogP contribution in [-0.2, 0) is 20.2 Å². The lowest BCUT2D eigenvalue weighted by Crippen LogP contribution is -2.19. The van der Waals surface area contributed by atoms with Crippen LogP contribution in [0, 0.1) is 0 Å². The van der Waals surface area contributed by atoms with Crippen molar-refractivity contribution in [3.8, 4) is 0 Å². The van der Waals surface area contributed by atoms with Gasteiger partial charge in [-0.3, -0.25) is 9.11 Å². The molecule has 0 radical (unpaired) electrons. The van der Waals surface area contributed by atoms with Gasteiger partial charge in [0.15, 0.2) is 0 Å². The molecule has 0 heterocycles. The number of benzene rings is 3. The number of anilines is 2. The van der Waals surface area contributed by atoms with E-state index in [0.29, 0.717) is 11.8 Å². The van der Waals surface area contributed by atoms with E-state index < -0.39 is 36.1 Å². The van der Waals surface area contributed by atoms with E-state index in [1.54, 1.807) is 0 Å². The minimum Gasteiger partial charge on any atom is -0.399 e. The summed E-state index contributed by atoms with van der Waals surface area (Å²) in [5, 5.41) is 10.3. The van der Waals surface area contributed by atoms with Gasteiger partial charge in [0, 0.05) is 11.1 Å². The van der Waals surface area contributed by atoms with Crippen molar-refractivity contribution in [1.82, 2.24) is 0 Å². The van der Waals surface area contributed by atoms with Crippen LogP contribution in [0.3, 0.4) is 0 Å². The van der Waals surface area contributed by atoms with Crippen LogP contribution < -0.4 is 16.8 Å².